The third-order valence-electron chi connectivity index (χ3n) is 5.48. The van der Waals surface area contributed by atoms with Crippen molar-refractivity contribution in [2.75, 3.05) is 27.2 Å². The Balaban J connectivity index is -0.00000108. The molecule has 0 aliphatic heterocycles. The maximum atomic E-state index is 8.52. The third kappa shape index (κ3) is 35.6. The van der Waals surface area contributed by atoms with E-state index >= 15 is 0 Å². The van der Waals surface area contributed by atoms with Gasteiger partial charge in [-0.05, 0) is 25.7 Å². The van der Waals surface area contributed by atoms with Crippen LogP contribution in [0.1, 0.15) is 124 Å². The van der Waals surface area contributed by atoms with Crippen molar-refractivity contribution in [1.29, 1.82) is 0 Å². The highest BCUT2D eigenvalue weighted by molar-refractivity contribution is 7.79. The molecule has 0 amide bonds. The second kappa shape index (κ2) is 21.1. The van der Waals surface area contributed by atoms with Gasteiger partial charge in [-0.15, -0.1) is 0 Å². The van der Waals surface area contributed by atoms with Crippen molar-refractivity contribution in [3.63, 3.8) is 0 Å². The molecule has 0 aromatic heterocycles. The first-order valence-electron chi connectivity index (χ1n) is 12.1. The van der Waals surface area contributed by atoms with Crippen molar-refractivity contribution in [3.05, 3.63) is 0 Å². The van der Waals surface area contributed by atoms with Crippen molar-refractivity contribution in [3.8, 4) is 0 Å². The molecule has 0 spiro atoms. The van der Waals surface area contributed by atoms with Gasteiger partial charge in [-0.1, -0.05) is 97.3 Å². The molecular formula is C23H51NO4S. The summed E-state index contributed by atoms with van der Waals surface area (Å²) in [5.41, 5.74) is 0. The molecule has 0 aliphatic carbocycles. The molecule has 0 heterocycles. The van der Waals surface area contributed by atoms with Gasteiger partial charge in [-0.25, -0.2) is 0 Å². The quantitative estimate of drug-likeness (QED) is 0.0998. The van der Waals surface area contributed by atoms with Crippen molar-refractivity contribution in [1.82, 2.24) is 0 Å². The van der Waals surface area contributed by atoms with E-state index in [1.807, 2.05) is 0 Å². The van der Waals surface area contributed by atoms with Crippen LogP contribution in [0.25, 0.3) is 0 Å². The molecule has 29 heavy (non-hydrogen) atoms. The van der Waals surface area contributed by atoms with Crippen LogP contribution >= 0.6 is 0 Å². The van der Waals surface area contributed by atoms with Crippen LogP contribution in [0.5, 0.6) is 0 Å². The summed E-state index contributed by atoms with van der Waals surface area (Å²) in [6.07, 6.45) is 24.5. The van der Waals surface area contributed by atoms with Gasteiger partial charge < -0.3 is 13.6 Å². The Hall–Kier alpha value is -0.170. The molecule has 0 saturated heterocycles. The van der Waals surface area contributed by atoms with E-state index in [2.05, 4.69) is 27.9 Å². The molecule has 6 heteroatoms. The van der Waals surface area contributed by atoms with Crippen molar-refractivity contribution < 1.29 is 23.4 Å². The fraction of sp³-hybridized carbons (Fsp3) is 1.00. The average molecular weight is 438 g/mol. The summed E-state index contributed by atoms with van der Waals surface area (Å²) in [5, 5.41) is 0. The zero-order valence-corrected chi connectivity index (χ0v) is 20.7. The van der Waals surface area contributed by atoms with Gasteiger partial charge >= 0.3 is 1.43 Å². The molecule has 0 aromatic rings. The van der Waals surface area contributed by atoms with Gasteiger partial charge in [0.2, 0.25) is 0 Å². The summed E-state index contributed by atoms with van der Waals surface area (Å²) < 4.78 is 35.3. The lowest BCUT2D eigenvalue weighted by Gasteiger charge is -2.30. The predicted octanol–water partition coefficient (Wildman–Crippen LogP) is 6.51. The van der Waals surface area contributed by atoms with Crippen LogP contribution in [0, 0.1) is 0 Å². The Morgan fingerprint density at radius 1 is 0.552 bits per heavy atom. The van der Waals surface area contributed by atoms with Crippen molar-refractivity contribution >= 4 is 10.4 Å². The van der Waals surface area contributed by atoms with E-state index in [1.54, 1.807) is 0 Å². The minimum Gasteiger partial charge on any atom is -0.759 e. The first kappa shape index (κ1) is 31.0. The van der Waals surface area contributed by atoms with Crippen molar-refractivity contribution in [2.45, 2.75) is 123 Å². The maximum absolute atomic E-state index is 8.52. The van der Waals surface area contributed by atoms with Gasteiger partial charge in [0, 0.05) is 10.4 Å². The highest BCUT2D eigenvalue weighted by Gasteiger charge is 2.13. The zero-order chi connectivity index (χ0) is 22.4. The fourth-order valence-electron chi connectivity index (χ4n) is 3.64. The summed E-state index contributed by atoms with van der Waals surface area (Å²) in [7, 11) is -0.294. The minimum atomic E-state index is -5.17. The SMILES string of the molecule is CCCCCCCCCCC[N+](C)(C)CCCCCCCCCC.O=S(=O)([O-])[O-].[H+]. The van der Waals surface area contributed by atoms with E-state index in [0.717, 1.165) is 0 Å². The third-order valence-corrected chi connectivity index (χ3v) is 5.48. The molecule has 0 atom stereocenters. The number of hydrogen-bond acceptors (Lipinski definition) is 4. The summed E-state index contributed by atoms with van der Waals surface area (Å²) in [5.74, 6) is 0. The van der Waals surface area contributed by atoms with Crippen LogP contribution in [-0.4, -0.2) is 49.2 Å². The number of quaternary nitrogens is 1. The zero-order valence-electron chi connectivity index (χ0n) is 20.9. The predicted molar refractivity (Wildman–Crippen MR) is 123 cm³/mol. The van der Waals surface area contributed by atoms with Crippen LogP contribution in [0.4, 0.5) is 0 Å². The molecule has 0 aliphatic rings. The molecular weight excluding hydrogens is 386 g/mol. The van der Waals surface area contributed by atoms with E-state index in [-0.39, 0.29) is 1.43 Å². The first-order valence-corrected chi connectivity index (χ1v) is 13.4. The summed E-state index contributed by atoms with van der Waals surface area (Å²) >= 11 is 0. The van der Waals surface area contributed by atoms with Gasteiger partial charge in [0.25, 0.3) is 0 Å². The van der Waals surface area contributed by atoms with E-state index in [0.29, 0.717) is 0 Å². The summed E-state index contributed by atoms with van der Waals surface area (Å²) in [6.45, 7) is 7.36. The Morgan fingerprint density at radius 2 is 0.759 bits per heavy atom. The molecule has 0 saturated carbocycles. The second-order valence-corrected chi connectivity index (χ2v) is 9.91. The maximum Gasteiger partial charge on any atom is 1.00 e. The lowest BCUT2D eigenvalue weighted by Crippen LogP contribution is -2.41. The van der Waals surface area contributed by atoms with E-state index in [9.17, 15) is 0 Å². The Morgan fingerprint density at radius 3 is 1.00 bits per heavy atom. The van der Waals surface area contributed by atoms with Gasteiger partial charge in [-0.3, -0.25) is 8.42 Å². The van der Waals surface area contributed by atoms with Crippen LogP contribution in [0.3, 0.4) is 0 Å². The lowest BCUT2D eigenvalue weighted by atomic mass is 10.1. The molecule has 178 valence electrons. The molecule has 0 aromatic carbocycles. The first-order chi connectivity index (χ1) is 13.6. The number of rotatable bonds is 19. The highest BCUT2D eigenvalue weighted by Crippen LogP contribution is 2.13. The number of hydrogen-bond donors (Lipinski definition) is 0. The Bertz CT molecular complexity index is 423. The molecule has 0 fully saturated rings. The molecule has 0 bridgehead atoms. The smallest absolute Gasteiger partial charge is 0.759 e. The summed E-state index contributed by atoms with van der Waals surface area (Å²) in [4.78, 5) is 0. The topological polar surface area (TPSA) is 80.3 Å². The number of nitrogens with zero attached hydrogens (tertiary/aromatic N) is 1. The second-order valence-electron chi connectivity index (χ2n) is 9.09. The Labute approximate surface area is 184 Å². The van der Waals surface area contributed by atoms with Gasteiger partial charge in [0.15, 0.2) is 0 Å². The van der Waals surface area contributed by atoms with E-state index in [4.69, 9.17) is 17.5 Å². The van der Waals surface area contributed by atoms with Gasteiger partial charge in [0.05, 0.1) is 27.2 Å². The van der Waals surface area contributed by atoms with E-state index < -0.39 is 10.4 Å². The van der Waals surface area contributed by atoms with Gasteiger partial charge in [0.1, 0.15) is 0 Å². The van der Waals surface area contributed by atoms with Crippen LogP contribution in [0.15, 0.2) is 0 Å². The summed E-state index contributed by atoms with van der Waals surface area (Å²) in [6, 6.07) is 0. The van der Waals surface area contributed by atoms with Gasteiger partial charge in [-0.2, -0.15) is 0 Å². The van der Waals surface area contributed by atoms with Crippen molar-refractivity contribution in [2.24, 2.45) is 0 Å². The number of unbranched alkanes of at least 4 members (excludes halogenated alkanes) is 15. The van der Waals surface area contributed by atoms with Crippen LogP contribution < -0.4 is 0 Å². The highest BCUT2D eigenvalue weighted by atomic mass is 32.3. The molecule has 0 unspecified atom stereocenters. The lowest BCUT2D eigenvalue weighted by molar-refractivity contribution is -0.890. The monoisotopic (exact) mass is 437 g/mol. The molecule has 0 N–H and O–H groups in total. The fourth-order valence-corrected chi connectivity index (χ4v) is 3.64. The minimum absolute atomic E-state index is 0. The normalized spacial score (nSPS) is 11.9. The average Bonchev–Trinajstić information content (AvgIpc) is 2.61. The molecule has 0 rings (SSSR count). The Kier molecular flexibility index (Phi) is 22.5. The standard InChI is InChI=1S/C23H50N.H2O4S/c1-5-7-9-11-13-15-17-19-21-23-24(3,4)22-20-18-16-14-12-10-8-6-2;1-5(2,3)4/h5-23H2,1-4H3;(H2,1,2,3,4)/q+1;/p-1. The molecule has 5 nitrogen and oxygen atoms in total. The largest absolute Gasteiger partial charge is 1.00 e. The van der Waals surface area contributed by atoms with Crippen LogP contribution in [-0.2, 0) is 10.4 Å². The molecule has 0 radical (unpaired) electrons. The van der Waals surface area contributed by atoms with Crippen LogP contribution in [0.2, 0.25) is 0 Å². The van der Waals surface area contributed by atoms with E-state index in [1.165, 1.54) is 127 Å².